The van der Waals surface area contributed by atoms with Crippen molar-refractivity contribution in [1.29, 1.82) is 0 Å². The quantitative estimate of drug-likeness (QED) is 0.598. The van der Waals surface area contributed by atoms with E-state index in [1.54, 1.807) is 19.1 Å². The van der Waals surface area contributed by atoms with Crippen molar-refractivity contribution in [2.75, 3.05) is 10.6 Å². The summed E-state index contributed by atoms with van der Waals surface area (Å²) in [7, 11) is -3.69. The van der Waals surface area contributed by atoms with Crippen molar-refractivity contribution in [3.63, 3.8) is 0 Å². The van der Waals surface area contributed by atoms with Crippen molar-refractivity contribution in [1.82, 2.24) is 5.32 Å². The van der Waals surface area contributed by atoms with E-state index < -0.39 is 22.1 Å². The summed E-state index contributed by atoms with van der Waals surface area (Å²) in [6.45, 7) is 5.42. The van der Waals surface area contributed by atoms with Crippen LogP contribution in [0.1, 0.15) is 35.2 Å². The summed E-state index contributed by atoms with van der Waals surface area (Å²) in [5.74, 6) is -0.373. The highest BCUT2D eigenvalue weighted by atomic mass is 32.2. The van der Waals surface area contributed by atoms with E-state index in [1.807, 2.05) is 80.6 Å². The van der Waals surface area contributed by atoms with Gasteiger partial charge in [-0.05, 0) is 55.2 Å². The Labute approximate surface area is 184 Å². The highest BCUT2D eigenvalue weighted by Gasteiger charge is 2.31. The van der Waals surface area contributed by atoms with Crippen LogP contribution in [0, 0.1) is 13.8 Å². The minimum absolute atomic E-state index is 0.373. The van der Waals surface area contributed by atoms with Crippen LogP contribution in [0.3, 0.4) is 0 Å². The monoisotopic (exact) mass is 436 g/mol. The highest BCUT2D eigenvalue weighted by molar-refractivity contribution is 7.92. The number of nitrogens with zero attached hydrogens (tertiary/aromatic N) is 1. The molecule has 0 aliphatic heterocycles. The fraction of sp³-hybridized carbons (Fsp3) is 0.240. The molecule has 1 amide bonds. The van der Waals surface area contributed by atoms with E-state index in [1.165, 1.54) is 4.31 Å². The Bertz CT molecular complexity index is 1090. The lowest BCUT2D eigenvalue weighted by molar-refractivity contribution is -0.122. The summed E-state index contributed by atoms with van der Waals surface area (Å²) in [5, 5.41) is 3.06. The minimum Gasteiger partial charge on any atom is -0.343 e. The number of nitrogens with one attached hydrogen (secondary N) is 1. The Hall–Kier alpha value is -3.12. The molecule has 3 aromatic carbocycles. The lowest BCUT2D eigenvalue weighted by Gasteiger charge is -2.30. The zero-order valence-corrected chi connectivity index (χ0v) is 19.1. The van der Waals surface area contributed by atoms with Gasteiger partial charge in [-0.25, -0.2) is 8.42 Å². The smallest absolute Gasteiger partial charge is 0.244 e. The van der Waals surface area contributed by atoms with Gasteiger partial charge in [-0.2, -0.15) is 0 Å². The predicted molar refractivity (Wildman–Crippen MR) is 126 cm³/mol. The summed E-state index contributed by atoms with van der Waals surface area (Å²) in [4.78, 5) is 13.3. The van der Waals surface area contributed by atoms with Crippen LogP contribution in [-0.4, -0.2) is 26.6 Å². The molecular formula is C25H28N2O3S. The Kier molecular flexibility index (Phi) is 6.81. The van der Waals surface area contributed by atoms with E-state index in [0.29, 0.717) is 5.69 Å². The molecule has 1 N–H and O–H groups in total. The molecule has 0 aliphatic rings. The topological polar surface area (TPSA) is 66.5 Å². The first-order valence-electron chi connectivity index (χ1n) is 10.1. The van der Waals surface area contributed by atoms with Crippen molar-refractivity contribution >= 4 is 21.6 Å². The van der Waals surface area contributed by atoms with Crippen LogP contribution >= 0.6 is 0 Å². The van der Waals surface area contributed by atoms with Crippen LogP contribution < -0.4 is 9.62 Å². The first-order valence-corrected chi connectivity index (χ1v) is 12.0. The van der Waals surface area contributed by atoms with Crippen LogP contribution in [0.2, 0.25) is 0 Å². The number of sulfonamides is 1. The van der Waals surface area contributed by atoms with Crippen molar-refractivity contribution in [3.8, 4) is 0 Å². The Balaban J connectivity index is 1.96. The van der Waals surface area contributed by atoms with E-state index in [0.717, 1.165) is 28.5 Å². The highest BCUT2D eigenvalue weighted by Crippen LogP contribution is 2.26. The van der Waals surface area contributed by atoms with Crippen molar-refractivity contribution in [2.24, 2.45) is 0 Å². The first-order chi connectivity index (χ1) is 14.7. The van der Waals surface area contributed by atoms with E-state index in [-0.39, 0.29) is 5.91 Å². The van der Waals surface area contributed by atoms with Crippen LogP contribution in [0.5, 0.6) is 0 Å². The summed E-state index contributed by atoms with van der Waals surface area (Å²) in [5.41, 5.74) is 4.20. The zero-order valence-electron chi connectivity index (χ0n) is 18.2. The third-order valence-electron chi connectivity index (χ3n) is 5.10. The lowest BCUT2D eigenvalue weighted by atomic mass is 9.98. The molecule has 0 saturated heterocycles. The predicted octanol–water partition coefficient (Wildman–Crippen LogP) is 4.36. The summed E-state index contributed by atoms with van der Waals surface area (Å²) < 4.78 is 26.5. The molecule has 0 aliphatic carbocycles. The molecule has 0 saturated carbocycles. The van der Waals surface area contributed by atoms with Gasteiger partial charge in [-0.15, -0.1) is 0 Å². The zero-order chi connectivity index (χ0) is 22.6. The summed E-state index contributed by atoms with van der Waals surface area (Å²) in [6, 6.07) is 23.5. The van der Waals surface area contributed by atoms with Crippen molar-refractivity contribution in [3.05, 3.63) is 101 Å². The Morgan fingerprint density at radius 2 is 1.29 bits per heavy atom. The number of hydrogen-bond donors (Lipinski definition) is 1. The maximum atomic E-state index is 13.3. The minimum atomic E-state index is -3.69. The van der Waals surface area contributed by atoms with E-state index in [9.17, 15) is 13.2 Å². The molecule has 5 nitrogen and oxygen atoms in total. The molecule has 162 valence electrons. The molecule has 3 rings (SSSR count). The van der Waals surface area contributed by atoms with Crippen molar-refractivity contribution < 1.29 is 13.2 Å². The first kappa shape index (κ1) is 22.6. The van der Waals surface area contributed by atoms with Gasteiger partial charge in [0.15, 0.2) is 0 Å². The Morgan fingerprint density at radius 1 is 0.839 bits per heavy atom. The maximum Gasteiger partial charge on any atom is 0.244 e. The number of benzene rings is 3. The van der Waals surface area contributed by atoms with Crippen LogP contribution in [0.4, 0.5) is 5.69 Å². The van der Waals surface area contributed by atoms with Gasteiger partial charge >= 0.3 is 0 Å². The fourth-order valence-electron chi connectivity index (χ4n) is 3.80. The second kappa shape index (κ2) is 9.35. The molecule has 6 heteroatoms. The van der Waals surface area contributed by atoms with Gasteiger partial charge in [-0.1, -0.05) is 66.7 Å². The van der Waals surface area contributed by atoms with Crippen LogP contribution in [-0.2, 0) is 14.8 Å². The van der Waals surface area contributed by atoms with Crippen LogP contribution in [0.25, 0.3) is 0 Å². The summed E-state index contributed by atoms with van der Waals surface area (Å²) >= 11 is 0. The van der Waals surface area contributed by atoms with Gasteiger partial charge in [-0.3, -0.25) is 9.10 Å². The van der Waals surface area contributed by atoms with Crippen LogP contribution in [0.15, 0.2) is 78.9 Å². The number of anilines is 1. The van der Waals surface area contributed by atoms with Gasteiger partial charge in [0.2, 0.25) is 15.9 Å². The van der Waals surface area contributed by atoms with Gasteiger partial charge < -0.3 is 5.32 Å². The molecule has 0 bridgehead atoms. The average Bonchev–Trinajstić information content (AvgIpc) is 2.71. The molecule has 1 atom stereocenters. The molecule has 0 spiro atoms. The molecule has 0 heterocycles. The largest absolute Gasteiger partial charge is 0.343 e. The molecule has 31 heavy (non-hydrogen) atoms. The van der Waals surface area contributed by atoms with Crippen molar-refractivity contribution in [2.45, 2.75) is 32.9 Å². The molecule has 0 aromatic heterocycles. The second-order valence-electron chi connectivity index (χ2n) is 7.84. The molecule has 0 unspecified atom stereocenters. The van der Waals surface area contributed by atoms with Gasteiger partial charge in [0.1, 0.15) is 6.04 Å². The van der Waals surface area contributed by atoms with Gasteiger partial charge in [0.05, 0.1) is 18.0 Å². The number of hydrogen-bond acceptors (Lipinski definition) is 3. The van der Waals surface area contributed by atoms with E-state index in [2.05, 4.69) is 5.32 Å². The third-order valence-corrected chi connectivity index (χ3v) is 6.34. The molecular weight excluding hydrogens is 408 g/mol. The SMILES string of the molecule is Cc1cc(C)cc(N([C@@H](C)C(=O)NC(c2ccccc2)c2ccccc2)S(C)(=O)=O)c1. The number of aryl methyl sites for hydroxylation is 2. The number of carbonyl (C=O) groups is 1. The van der Waals surface area contributed by atoms with E-state index >= 15 is 0 Å². The van der Waals surface area contributed by atoms with E-state index in [4.69, 9.17) is 0 Å². The summed E-state index contributed by atoms with van der Waals surface area (Å²) in [6.07, 6.45) is 1.13. The van der Waals surface area contributed by atoms with Gasteiger partial charge in [0, 0.05) is 0 Å². The number of rotatable bonds is 7. The molecule has 3 aromatic rings. The lowest BCUT2D eigenvalue weighted by Crippen LogP contribution is -2.48. The Morgan fingerprint density at radius 3 is 1.71 bits per heavy atom. The molecule has 0 radical (unpaired) electrons. The average molecular weight is 437 g/mol. The normalized spacial score (nSPS) is 12.4. The number of carbonyl (C=O) groups excluding carboxylic acids is 1. The standard InChI is InChI=1S/C25H28N2O3S/c1-18-15-19(2)17-23(16-18)27(31(4,29)30)20(3)25(28)26-24(21-11-7-5-8-12-21)22-13-9-6-10-14-22/h5-17,20,24H,1-4H3,(H,26,28)/t20-/m0/s1. The fourth-order valence-corrected chi connectivity index (χ4v) is 4.96. The van der Waals surface area contributed by atoms with Gasteiger partial charge in [0.25, 0.3) is 0 Å². The molecule has 0 fully saturated rings. The third kappa shape index (κ3) is 5.52. The second-order valence-corrected chi connectivity index (χ2v) is 9.70. The maximum absolute atomic E-state index is 13.3. The number of amides is 1.